The van der Waals surface area contributed by atoms with Crippen molar-refractivity contribution >= 4 is 23.4 Å². The molecule has 1 fully saturated rings. The van der Waals surface area contributed by atoms with Gasteiger partial charge in [0.25, 0.3) is 0 Å². The molecule has 178 valence electrons. The minimum Gasteiger partial charge on any atom is -0.493 e. The second kappa shape index (κ2) is 11.0. The van der Waals surface area contributed by atoms with E-state index in [1.54, 1.807) is 32.4 Å². The van der Waals surface area contributed by atoms with Crippen LogP contribution in [0.4, 0.5) is 5.69 Å². The number of morpholine rings is 1. The van der Waals surface area contributed by atoms with Crippen LogP contribution in [-0.4, -0.2) is 73.2 Å². The van der Waals surface area contributed by atoms with Gasteiger partial charge in [-0.05, 0) is 31.4 Å². The zero-order chi connectivity index (χ0) is 23.2. The largest absolute Gasteiger partial charge is 0.493 e. The van der Waals surface area contributed by atoms with Crippen LogP contribution in [0.2, 0.25) is 0 Å². The van der Waals surface area contributed by atoms with Gasteiger partial charge in [0.05, 0.1) is 33.2 Å². The molecule has 0 spiro atoms. The summed E-state index contributed by atoms with van der Waals surface area (Å²) in [5.41, 5.74) is 2.58. The number of nitrogens with one attached hydrogen (secondary N) is 1. The summed E-state index contributed by atoms with van der Waals surface area (Å²) < 4.78 is 17.7. The molecule has 4 rings (SSSR count). The van der Waals surface area contributed by atoms with Crippen LogP contribution in [0.15, 0.2) is 28.0 Å². The Bertz CT molecular complexity index is 1050. The Kier molecular flexibility index (Phi) is 7.89. The van der Waals surface area contributed by atoms with Crippen LogP contribution in [0.3, 0.4) is 0 Å². The summed E-state index contributed by atoms with van der Waals surface area (Å²) in [6.07, 6.45) is 2.77. The average Bonchev–Trinajstić information content (AvgIpc) is 3.32. The van der Waals surface area contributed by atoms with Crippen LogP contribution in [0.25, 0.3) is 0 Å². The van der Waals surface area contributed by atoms with E-state index >= 15 is 0 Å². The van der Waals surface area contributed by atoms with Gasteiger partial charge in [0.1, 0.15) is 5.03 Å². The van der Waals surface area contributed by atoms with Gasteiger partial charge in [-0.15, -0.1) is 0 Å². The molecule has 0 bridgehead atoms. The van der Waals surface area contributed by atoms with Gasteiger partial charge in [-0.1, -0.05) is 11.8 Å². The highest BCUT2D eigenvalue weighted by molar-refractivity contribution is 8.00. The Morgan fingerprint density at radius 1 is 1.15 bits per heavy atom. The van der Waals surface area contributed by atoms with Crippen molar-refractivity contribution in [2.24, 2.45) is 0 Å². The monoisotopic (exact) mass is 474 g/mol. The lowest BCUT2D eigenvalue weighted by atomic mass is 10.2. The van der Waals surface area contributed by atoms with Gasteiger partial charge in [0.15, 0.2) is 11.5 Å². The third-order valence-corrected chi connectivity index (χ3v) is 6.97. The highest BCUT2D eigenvalue weighted by Crippen LogP contribution is 2.31. The fourth-order valence-electron chi connectivity index (χ4n) is 4.25. The third kappa shape index (κ3) is 5.69. The molecule has 9 nitrogen and oxygen atoms in total. The van der Waals surface area contributed by atoms with Gasteiger partial charge in [-0.3, -0.25) is 14.3 Å². The molecule has 2 heterocycles. The zero-order valence-corrected chi connectivity index (χ0v) is 19.9. The lowest BCUT2D eigenvalue weighted by Gasteiger charge is -2.27. The van der Waals surface area contributed by atoms with Crippen LogP contribution in [0, 0.1) is 0 Å². The maximum absolute atomic E-state index is 12.8. The number of rotatable bonds is 9. The van der Waals surface area contributed by atoms with Crippen molar-refractivity contribution in [2.45, 2.75) is 30.8 Å². The number of aromatic nitrogens is 2. The van der Waals surface area contributed by atoms with Crippen LogP contribution >= 0.6 is 11.8 Å². The van der Waals surface area contributed by atoms with Gasteiger partial charge in [-0.2, -0.15) is 4.98 Å². The molecule has 0 saturated carbocycles. The van der Waals surface area contributed by atoms with Crippen LogP contribution in [0.5, 0.6) is 11.5 Å². The number of thioether (sulfide) groups is 1. The molecule has 1 N–H and O–H groups in total. The van der Waals surface area contributed by atoms with Gasteiger partial charge in [0.2, 0.25) is 5.91 Å². The first kappa shape index (κ1) is 23.6. The molecular weight excluding hydrogens is 444 g/mol. The van der Waals surface area contributed by atoms with Gasteiger partial charge in [0, 0.05) is 49.2 Å². The molecule has 0 unspecified atom stereocenters. The zero-order valence-electron chi connectivity index (χ0n) is 19.1. The van der Waals surface area contributed by atoms with Crippen LogP contribution < -0.4 is 20.5 Å². The molecule has 2 aliphatic rings. The van der Waals surface area contributed by atoms with E-state index in [1.807, 2.05) is 4.57 Å². The molecule has 2 aromatic rings. The molecule has 1 aliphatic heterocycles. The predicted molar refractivity (Wildman–Crippen MR) is 127 cm³/mol. The SMILES string of the molecule is COc1ccc(NC(=O)CSc2nc(=O)n(CCN3CCOCC3)c3c2CCC3)cc1OC. The number of carbonyl (C=O) groups is 1. The van der Waals surface area contributed by atoms with Gasteiger partial charge >= 0.3 is 5.69 Å². The molecule has 1 amide bonds. The Balaban J connectivity index is 1.40. The smallest absolute Gasteiger partial charge is 0.348 e. The maximum Gasteiger partial charge on any atom is 0.348 e. The Hall–Kier alpha value is -2.56. The molecule has 0 atom stereocenters. The highest BCUT2D eigenvalue weighted by atomic mass is 32.2. The molecule has 1 aromatic carbocycles. The lowest BCUT2D eigenvalue weighted by Crippen LogP contribution is -2.40. The van der Waals surface area contributed by atoms with Gasteiger partial charge < -0.3 is 19.5 Å². The van der Waals surface area contributed by atoms with Crippen molar-refractivity contribution in [1.29, 1.82) is 0 Å². The number of carbonyl (C=O) groups excluding carboxylic acids is 1. The molecule has 0 radical (unpaired) electrons. The van der Waals surface area contributed by atoms with E-state index in [0.29, 0.717) is 28.8 Å². The molecule has 1 saturated heterocycles. The van der Waals surface area contributed by atoms with E-state index in [-0.39, 0.29) is 17.3 Å². The van der Waals surface area contributed by atoms with E-state index in [9.17, 15) is 9.59 Å². The number of hydrogen-bond donors (Lipinski definition) is 1. The second-order valence-corrected chi connectivity index (χ2v) is 8.95. The van der Waals surface area contributed by atoms with E-state index in [4.69, 9.17) is 14.2 Å². The fourth-order valence-corrected chi connectivity index (χ4v) is 5.12. The topological polar surface area (TPSA) is 94.9 Å². The molecule has 1 aromatic heterocycles. The minimum atomic E-state index is -0.230. The first-order chi connectivity index (χ1) is 16.1. The van der Waals surface area contributed by atoms with E-state index < -0.39 is 0 Å². The summed E-state index contributed by atoms with van der Waals surface area (Å²) >= 11 is 1.32. The number of nitrogens with zero attached hydrogens (tertiary/aromatic N) is 3. The number of methoxy groups -OCH3 is 2. The van der Waals surface area contributed by atoms with E-state index in [2.05, 4.69) is 15.2 Å². The van der Waals surface area contributed by atoms with Crippen molar-refractivity contribution in [1.82, 2.24) is 14.5 Å². The summed E-state index contributed by atoms with van der Waals surface area (Å²) in [4.78, 5) is 32.0. The maximum atomic E-state index is 12.8. The van der Waals surface area contributed by atoms with Gasteiger partial charge in [-0.25, -0.2) is 4.79 Å². The average molecular weight is 475 g/mol. The summed E-state index contributed by atoms with van der Waals surface area (Å²) in [7, 11) is 3.11. The number of hydrogen-bond acceptors (Lipinski definition) is 8. The second-order valence-electron chi connectivity index (χ2n) is 7.99. The van der Waals surface area contributed by atoms with E-state index in [0.717, 1.165) is 63.4 Å². The number of ether oxygens (including phenoxy) is 3. The lowest BCUT2D eigenvalue weighted by molar-refractivity contribution is -0.113. The highest BCUT2D eigenvalue weighted by Gasteiger charge is 2.23. The Morgan fingerprint density at radius 3 is 2.70 bits per heavy atom. The first-order valence-corrected chi connectivity index (χ1v) is 12.1. The fraction of sp³-hybridized carbons (Fsp3) is 0.522. The predicted octanol–water partition coefficient (Wildman–Crippen LogP) is 1.81. The van der Waals surface area contributed by atoms with Crippen molar-refractivity contribution < 1.29 is 19.0 Å². The molecule has 10 heteroatoms. The summed E-state index contributed by atoms with van der Waals surface area (Å²) in [6.45, 7) is 4.73. The standard InChI is InChI=1S/C23H30N4O5S/c1-30-19-7-6-16(14-20(19)31-2)24-21(28)15-33-22-17-4-3-5-18(17)27(23(29)25-22)9-8-26-10-12-32-13-11-26/h6-7,14H,3-5,8-13,15H2,1-2H3,(H,24,28). The summed E-state index contributed by atoms with van der Waals surface area (Å²) in [6, 6.07) is 5.22. The third-order valence-electron chi connectivity index (χ3n) is 5.95. The molecule has 1 aliphatic carbocycles. The number of anilines is 1. The number of amides is 1. The molecule has 33 heavy (non-hydrogen) atoms. The van der Waals surface area contributed by atoms with E-state index in [1.165, 1.54) is 11.8 Å². The number of benzene rings is 1. The Morgan fingerprint density at radius 2 is 1.94 bits per heavy atom. The van der Waals surface area contributed by atoms with Crippen LogP contribution in [0.1, 0.15) is 17.7 Å². The van der Waals surface area contributed by atoms with Crippen molar-refractivity contribution in [2.75, 3.05) is 58.1 Å². The Labute approximate surface area is 197 Å². The quantitative estimate of drug-likeness (QED) is 0.434. The van der Waals surface area contributed by atoms with Crippen molar-refractivity contribution in [3.63, 3.8) is 0 Å². The van der Waals surface area contributed by atoms with Crippen molar-refractivity contribution in [3.05, 3.63) is 39.9 Å². The minimum absolute atomic E-state index is 0.169. The van der Waals surface area contributed by atoms with Crippen molar-refractivity contribution in [3.8, 4) is 11.5 Å². The van der Waals surface area contributed by atoms with Crippen LogP contribution in [-0.2, 0) is 28.9 Å². The first-order valence-electron chi connectivity index (χ1n) is 11.2. The molecular formula is C23H30N4O5S. The number of fused-ring (bicyclic) bond motifs is 1. The normalized spacial score (nSPS) is 15.8. The summed E-state index contributed by atoms with van der Waals surface area (Å²) in [5.74, 6) is 1.14. The summed E-state index contributed by atoms with van der Waals surface area (Å²) in [5, 5.41) is 3.54.